The maximum Gasteiger partial charge on any atom is 0.274 e. The van der Waals surface area contributed by atoms with Crippen molar-refractivity contribution in [1.82, 2.24) is 15.2 Å². The van der Waals surface area contributed by atoms with E-state index in [2.05, 4.69) is 20.5 Å². The largest absolute Gasteiger partial charge is 0.497 e. The van der Waals surface area contributed by atoms with Crippen LogP contribution in [0.25, 0.3) is 0 Å². The fraction of sp³-hybridized carbons (Fsp3) is 0.250. The number of hydrogen-bond acceptors (Lipinski definition) is 7. The Morgan fingerprint density at radius 3 is 2.39 bits per heavy atom. The molecule has 0 bridgehead atoms. The van der Waals surface area contributed by atoms with E-state index in [1.807, 2.05) is 31.2 Å². The third-order valence-electron chi connectivity index (χ3n) is 4.03. The topological polar surface area (TPSA) is 98.4 Å². The van der Waals surface area contributed by atoms with E-state index in [1.54, 1.807) is 32.4 Å². The van der Waals surface area contributed by atoms with Gasteiger partial charge in [-0.25, -0.2) is 0 Å². The molecule has 0 radical (unpaired) electrons. The monoisotopic (exact) mass is 382 g/mol. The highest BCUT2D eigenvalue weighted by atomic mass is 16.5. The molecule has 0 unspecified atom stereocenters. The molecule has 0 saturated carbocycles. The standard InChI is InChI=1S/C20H22N4O4/c1-4-28-14-7-5-13(6-8-14)11-17-19(25)22-20(24-23-17)21-16-12-15(26-2)9-10-18(16)27-3/h5-10,12H,4,11H2,1-3H3,(H2,21,22,24,25). The third kappa shape index (κ3) is 4.59. The quantitative estimate of drug-likeness (QED) is 0.618. The van der Waals surface area contributed by atoms with Crippen LogP contribution in [0.2, 0.25) is 0 Å². The summed E-state index contributed by atoms with van der Waals surface area (Å²) in [6.07, 6.45) is 0.373. The summed E-state index contributed by atoms with van der Waals surface area (Å²) < 4.78 is 15.9. The molecule has 0 aliphatic rings. The molecular weight excluding hydrogens is 360 g/mol. The molecule has 2 aromatic carbocycles. The highest BCUT2D eigenvalue weighted by Crippen LogP contribution is 2.30. The van der Waals surface area contributed by atoms with Crippen LogP contribution in [0.3, 0.4) is 0 Å². The fourth-order valence-electron chi connectivity index (χ4n) is 2.64. The first-order valence-corrected chi connectivity index (χ1v) is 8.79. The molecule has 28 heavy (non-hydrogen) atoms. The van der Waals surface area contributed by atoms with E-state index in [1.165, 1.54) is 0 Å². The Bertz CT molecular complexity index is 986. The van der Waals surface area contributed by atoms with Gasteiger partial charge in [-0.3, -0.25) is 9.78 Å². The minimum atomic E-state index is -0.312. The lowest BCUT2D eigenvalue weighted by Crippen LogP contribution is -2.19. The number of hydrogen-bond donors (Lipinski definition) is 2. The Balaban J connectivity index is 1.76. The van der Waals surface area contributed by atoms with Gasteiger partial charge in [-0.15, -0.1) is 10.2 Å². The average molecular weight is 382 g/mol. The number of ether oxygens (including phenoxy) is 3. The van der Waals surface area contributed by atoms with Crippen LogP contribution in [-0.4, -0.2) is 36.0 Å². The van der Waals surface area contributed by atoms with Crippen molar-refractivity contribution >= 4 is 11.6 Å². The van der Waals surface area contributed by atoms with Crippen LogP contribution < -0.4 is 25.1 Å². The predicted octanol–water partition coefficient (Wildman–Crippen LogP) is 2.92. The lowest BCUT2D eigenvalue weighted by molar-refractivity contribution is 0.340. The number of aromatic amines is 1. The summed E-state index contributed by atoms with van der Waals surface area (Å²) in [4.78, 5) is 15.1. The van der Waals surface area contributed by atoms with E-state index in [0.29, 0.717) is 35.9 Å². The maximum absolute atomic E-state index is 12.4. The van der Waals surface area contributed by atoms with Crippen molar-refractivity contribution in [2.75, 3.05) is 26.1 Å². The molecule has 0 saturated heterocycles. The number of nitrogens with one attached hydrogen (secondary N) is 2. The van der Waals surface area contributed by atoms with E-state index in [4.69, 9.17) is 14.2 Å². The molecule has 2 N–H and O–H groups in total. The van der Waals surface area contributed by atoms with Gasteiger partial charge in [0, 0.05) is 12.5 Å². The van der Waals surface area contributed by atoms with Gasteiger partial charge in [-0.2, -0.15) is 0 Å². The summed E-state index contributed by atoms with van der Waals surface area (Å²) in [6.45, 7) is 2.54. The zero-order valence-electron chi connectivity index (χ0n) is 16.0. The van der Waals surface area contributed by atoms with Gasteiger partial charge in [0.15, 0.2) is 0 Å². The first kappa shape index (κ1) is 19.2. The summed E-state index contributed by atoms with van der Waals surface area (Å²) in [5.74, 6) is 2.23. The highest BCUT2D eigenvalue weighted by Gasteiger charge is 2.10. The number of benzene rings is 2. The van der Waals surface area contributed by atoms with Gasteiger partial charge in [-0.1, -0.05) is 12.1 Å². The molecule has 0 atom stereocenters. The molecule has 0 aliphatic carbocycles. The van der Waals surface area contributed by atoms with Crippen LogP contribution in [0.4, 0.5) is 11.6 Å². The van der Waals surface area contributed by atoms with Crippen LogP contribution in [0.1, 0.15) is 18.2 Å². The van der Waals surface area contributed by atoms with Gasteiger partial charge in [0.25, 0.3) is 5.56 Å². The van der Waals surface area contributed by atoms with E-state index in [0.717, 1.165) is 11.3 Å². The lowest BCUT2D eigenvalue weighted by atomic mass is 10.1. The zero-order valence-corrected chi connectivity index (χ0v) is 16.0. The lowest BCUT2D eigenvalue weighted by Gasteiger charge is -2.11. The van der Waals surface area contributed by atoms with Gasteiger partial charge in [0.1, 0.15) is 22.9 Å². The SMILES string of the molecule is CCOc1ccc(Cc2nnc(Nc3cc(OC)ccc3OC)[nH]c2=O)cc1. The van der Waals surface area contributed by atoms with Crippen LogP contribution in [0.5, 0.6) is 17.2 Å². The number of rotatable bonds is 8. The molecular formula is C20H22N4O4. The van der Waals surface area contributed by atoms with E-state index in [-0.39, 0.29) is 11.5 Å². The summed E-state index contributed by atoms with van der Waals surface area (Å²) in [5.41, 5.74) is 1.56. The van der Waals surface area contributed by atoms with Crippen LogP contribution in [0.15, 0.2) is 47.3 Å². The van der Waals surface area contributed by atoms with Gasteiger partial charge in [0.2, 0.25) is 5.95 Å². The summed E-state index contributed by atoms with van der Waals surface area (Å²) >= 11 is 0. The fourth-order valence-corrected chi connectivity index (χ4v) is 2.64. The summed E-state index contributed by atoms with van der Waals surface area (Å²) in [5, 5.41) is 11.1. The molecule has 0 aliphatic heterocycles. The van der Waals surface area contributed by atoms with E-state index in [9.17, 15) is 4.79 Å². The third-order valence-corrected chi connectivity index (χ3v) is 4.03. The van der Waals surface area contributed by atoms with Crippen molar-refractivity contribution in [3.63, 3.8) is 0 Å². The summed E-state index contributed by atoms with van der Waals surface area (Å²) in [7, 11) is 3.13. The first-order valence-electron chi connectivity index (χ1n) is 8.79. The Hall–Kier alpha value is -3.55. The number of anilines is 2. The second-order valence-electron chi connectivity index (χ2n) is 5.89. The van der Waals surface area contributed by atoms with Crippen molar-refractivity contribution in [1.29, 1.82) is 0 Å². The van der Waals surface area contributed by atoms with Gasteiger partial charge >= 0.3 is 0 Å². The van der Waals surface area contributed by atoms with Crippen molar-refractivity contribution < 1.29 is 14.2 Å². The minimum Gasteiger partial charge on any atom is -0.497 e. The molecule has 8 nitrogen and oxygen atoms in total. The second-order valence-corrected chi connectivity index (χ2v) is 5.89. The molecule has 1 heterocycles. The minimum absolute atomic E-state index is 0.215. The zero-order chi connectivity index (χ0) is 19.9. The van der Waals surface area contributed by atoms with Crippen molar-refractivity contribution in [3.05, 3.63) is 64.1 Å². The summed E-state index contributed by atoms with van der Waals surface area (Å²) in [6, 6.07) is 12.8. The molecule has 146 valence electrons. The van der Waals surface area contributed by atoms with Gasteiger partial charge in [-0.05, 0) is 36.8 Å². The number of aromatic nitrogens is 3. The van der Waals surface area contributed by atoms with Crippen LogP contribution in [-0.2, 0) is 6.42 Å². The molecule has 3 aromatic rings. The molecule has 8 heteroatoms. The van der Waals surface area contributed by atoms with Crippen molar-refractivity contribution in [3.8, 4) is 17.2 Å². The first-order chi connectivity index (χ1) is 13.6. The average Bonchev–Trinajstić information content (AvgIpc) is 2.71. The predicted molar refractivity (Wildman–Crippen MR) is 106 cm³/mol. The van der Waals surface area contributed by atoms with Crippen molar-refractivity contribution in [2.24, 2.45) is 0 Å². The Morgan fingerprint density at radius 1 is 1.00 bits per heavy atom. The molecule has 1 aromatic heterocycles. The smallest absolute Gasteiger partial charge is 0.274 e. The number of methoxy groups -OCH3 is 2. The Morgan fingerprint density at radius 2 is 1.75 bits per heavy atom. The Kier molecular flexibility index (Phi) is 6.11. The number of H-pyrrole nitrogens is 1. The molecule has 0 spiro atoms. The molecule has 0 amide bonds. The van der Waals surface area contributed by atoms with Gasteiger partial charge in [0.05, 0.1) is 26.5 Å². The highest BCUT2D eigenvalue weighted by molar-refractivity contribution is 5.64. The van der Waals surface area contributed by atoms with Crippen molar-refractivity contribution in [2.45, 2.75) is 13.3 Å². The molecule has 3 rings (SSSR count). The molecule has 0 fully saturated rings. The van der Waals surface area contributed by atoms with Crippen LogP contribution in [0, 0.1) is 0 Å². The Labute approximate surface area is 162 Å². The van der Waals surface area contributed by atoms with E-state index < -0.39 is 0 Å². The van der Waals surface area contributed by atoms with E-state index >= 15 is 0 Å². The maximum atomic E-state index is 12.4. The van der Waals surface area contributed by atoms with Crippen LogP contribution >= 0.6 is 0 Å². The second kappa shape index (κ2) is 8.90. The normalized spacial score (nSPS) is 10.4. The number of nitrogens with zero attached hydrogens (tertiary/aromatic N) is 2. The van der Waals surface area contributed by atoms with Gasteiger partial charge < -0.3 is 19.5 Å².